The fraction of sp³-hybridized carbons (Fsp3) is 0.308. The van der Waals surface area contributed by atoms with E-state index in [0.29, 0.717) is 55.5 Å². The minimum Gasteiger partial charge on any atom is -0.508 e. The Morgan fingerprint density at radius 2 is 1.44 bits per heavy atom. The van der Waals surface area contributed by atoms with Gasteiger partial charge in [-0.05, 0) is 85.1 Å². The average molecular weight is 652 g/mol. The highest BCUT2D eigenvalue weighted by atomic mass is 16.5. The van der Waals surface area contributed by atoms with Crippen LogP contribution in [0.25, 0.3) is 0 Å². The largest absolute Gasteiger partial charge is 0.508 e. The summed E-state index contributed by atoms with van der Waals surface area (Å²) >= 11 is 0. The summed E-state index contributed by atoms with van der Waals surface area (Å²) < 4.78 is 11.5. The zero-order valence-corrected chi connectivity index (χ0v) is 27.2. The van der Waals surface area contributed by atoms with Gasteiger partial charge in [-0.2, -0.15) is 0 Å². The lowest BCUT2D eigenvalue weighted by atomic mass is 10.1. The first-order valence-corrected chi connectivity index (χ1v) is 16.3. The van der Waals surface area contributed by atoms with Gasteiger partial charge in [0.2, 0.25) is 0 Å². The number of anilines is 2. The first kappa shape index (κ1) is 36.2. The Morgan fingerprint density at radius 1 is 0.729 bits per heavy atom. The number of amides is 2. The second kappa shape index (κ2) is 20.5. The molecule has 2 amide bonds. The number of hydrogen-bond donors (Lipinski definition) is 6. The fourth-order valence-corrected chi connectivity index (χ4v) is 4.89. The normalized spacial score (nSPS) is 11.4. The zero-order valence-electron chi connectivity index (χ0n) is 27.2. The van der Waals surface area contributed by atoms with Crippen LogP contribution in [0.3, 0.4) is 0 Å². The van der Waals surface area contributed by atoms with Gasteiger partial charge in [0.1, 0.15) is 5.75 Å². The Hall–Kier alpha value is -4.69. The van der Waals surface area contributed by atoms with Crippen LogP contribution in [-0.2, 0) is 22.7 Å². The van der Waals surface area contributed by atoms with E-state index in [1.807, 2.05) is 78.9 Å². The summed E-state index contributed by atoms with van der Waals surface area (Å²) in [6.07, 6.45) is 3.40. The highest BCUT2D eigenvalue weighted by Crippen LogP contribution is 2.22. The van der Waals surface area contributed by atoms with E-state index in [4.69, 9.17) is 9.47 Å². The predicted octanol–water partition coefficient (Wildman–Crippen LogP) is 6.35. The second-order valence-electron chi connectivity index (χ2n) is 11.3. The van der Waals surface area contributed by atoms with Crippen molar-refractivity contribution in [1.82, 2.24) is 5.32 Å². The molecule has 0 aromatic heterocycles. The van der Waals surface area contributed by atoms with Gasteiger partial charge in [-0.15, -0.1) is 0 Å². The van der Waals surface area contributed by atoms with Crippen molar-refractivity contribution in [3.63, 3.8) is 0 Å². The minimum absolute atomic E-state index is 0.0291. The van der Waals surface area contributed by atoms with Crippen LogP contribution in [0, 0.1) is 11.8 Å². The van der Waals surface area contributed by atoms with Crippen molar-refractivity contribution in [2.75, 3.05) is 43.5 Å². The molecule has 0 spiro atoms. The molecule has 0 unspecified atom stereocenters. The smallest absolute Gasteiger partial charge is 0.323 e. The third kappa shape index (κ3) is 13.2. The molecule has 0 aliphatic heterocycles. The number of unbranched alkanes of at least 4 members (excludes halogenated alkanes) is 3. The number of urea groups is 1. The van der Waals surface area contributed by atoms with Gasteiger partial charge in [-0.1, -0.05) is 67.1 Å². The van der Waals surface area contributed by atoms with Crippen molar-refractivity contribution < 1.29 is 29.6 Å². The van der Waals surface area contributed by atoms with Crippen LogP contribution in [-0.4, -0.2) is 54.3 Å². The van der Waals surface area contributed by atoms with Crippen molar-refractivity contribution in [1.29, 1.82) is 0 Å². The van der Waals surface area contributed by atoms with Crippen LogP contribution in [0.1, 0.15) is 59.6 Å². The average Bonchev–Trinajstić information content (AvgIpc) is 3.10. The number of rotatable bonds is 18. The molecular formula is C39H45N3O6. The van der Waals surface area contributed by atoms with Crippen LogP contribution in [0.2, 0.25) is 0 Å². The number of hydrogen-bond acceptors (Lipinski definition) is 7. The van der Waals surface area contributed by atoms with Gasteiger partial charge < -0.3 is 40.7 Å². The lowest BCUT2D eigenvalue weighted by molar-refractivity contribution is 0.0393. The zero-order chi connectivity index (χ0) is 33.8. The Bertz CT molecular complexity index is 1620. The minimum atomic E-state index is -0.695. The van der Waals surface area contributed by atoms with Gasteiger partial charge in [0.25, 0.3) is 0 Å². The van der Waals surface area contributed by atoms with Gasteiger partial charge >= 0.3 is 6.03 Å². The SMILES string of the molecule is O=C(Nc1cccc(C#Cc2ccccc2)c1)Nc1cccc(COCCOCCCCCCNC[C@H](O)c2ccc(O)c(CO)c2)c1. The van der Waals surface area contributed by atoms with Crippen LogP contribution < -0.4 is 16.0 Å². The molecule has 9 nitrogen and oxygen atoms in total. The number of ether oxygens (including phenoxy) is 2. The highest BCUT2D eigenvalue weighted by Gasteiger charge is 2.10. The van der Waals surface area contributed by atoms with E-state index in [9.17, 15) is 20.1 Å². The number of aromatic hydroxyl groups is 1. The van der Waals surface area contributed by atoms with Crippen LogP contribution in [0.5, 0.6) is 5.75 Å². The number of benzene rings is 4. The molecule has 0 radical (unpaired) electrons. The number of aliphatic hydroxyl groups excluding tert-OH is 2. The molecule has 0 saturated heterocycles. The predicted molar refractivity (Wildman–Crippen MR) is 189 cm³/mol. The summed E-state index contributed by atoms with van der Waals surface area (Å²) in [5, 5.41) is 38.2. The monoisotopic (exact) mass is 651 g/mol. The highest BCUT2D eigenvalue weighted by molar-refractivity contribution is 5.99. The van der Waals surface area contributed by atoms with E-state index >= 15 is 0 Å². The standard InChI is InChI=1S/C39H45N3O6/c43-28-34-26-33(18-19-37(34)44)38(45)27-40-20-6-1-2-7-21-47-22-23-48-29-32-13-9-15-36(25-32)42-39(46)41-35-14-8-12-31(24-35)17-16-30-10-4-3-5-11-30/h3-5,8-15,18-19,24-26,38,40,43-45H,1-2,6-7,20-23,27-29H2,(H2,41,42,46)/t38-/m0/s1. The molecule has 0 saturated carbocycles. The quantitative estimate of drug-likeness (QED) is 0.0546. The van der Waals surface area contributed by atoms with Gasteiger partial charge in [0, 0.05) is 41.2 Å². The van der Waals surface area contributed by atoms with Gasteiger partial charge in [0.15, 0.2) is 0 Å². The molecule has 0 fully saturated rings. The molecule has 0 aliphatic carbocycles. The molecule has 1 atom stereocenters. The molecule has 4 rings (SSSR count). The van der Waals surface area contributed by atoms with E-state index < -0.39 is 6.10 Å². The Morgan fingerprint density at radius 3 is 2.25 bits per heavy atom. The van der Waals surface area contributed by atoms with Crippen molar-refractivity contribution in [3.8, 4) is 17.6 Å². The number of carbonyl (C=O) groups excluding carboxylic acids is 1. The topological polar surface area (TPSA) is 132 Å². The van der Waals surface area contributed by atoms with Crippen LogP contribution >= 0.6 is 0 Å². The first-order valence-electron chi connectivity index (χ1n) is 16.3. The number of aliphatic hydroxyl groups is 2. The summed E-state index contributed by atoms with van der Waals surface area (Å²) in [6, 6.07) is 29.2. The lowest BCUT2D eigenvalue weighted by Crippen LogP contribution is -2.22. The third-order valence-corrected chi connectivity index (χ3v) is 7.46. The summed E-state index contributed by atoms with van der Waals surface area (Å²) in [7, 11) is 0. The van der Waals surface area contributed by atoms with E-state index in [0.717, 1.165) is 48.9 Å². The summed E-state index contributed by atoms with van der Waals surface area (Å²) in [5.74, 6) is 6.28. The summed E-state index contributed by atoms with van der Waals surface area (Å²) in [5.41, 5.74) is 5.09. The third-order valence-electron chi connectivity index (χ3n) is 7.46. The molecule has 6 N–H and O–H groups in total. The molecule has 0 bridgehead atoms. The molecule has 252 valence electrons. The van der Waals surface area contributed by atoms with Gasteiger partial charge in [-0.25, -0.2) is 4.79 Å². The molecule has 0 heterocycles. The number of phenols is 1. The second-order valence-corrected chi connectivity index (χ2v) is 11.3. The maximum absolute atomic E-state index is 12.6. The first-order chi connectivity index (χ1) is 23.5. The molecule has 4 aromatic carbocycles. The molecule has 9 heteroatoms. The maximum Gasteiger partial charge on any atom is 0.323 e. The summed E-state index contributed by atoms with van der Waals surface area (Å²) in [4.78, 5) is 12.6. The van der Waals surface area contributed by atoms with E-state index in [1.165, 1.54) is 6.07 Å². The van der Waals surface area contributed by atoms with E-state index in [2.05, 4.69) is 27.8 Å². The maximum atomic E-state index is 12.6. The number of carbonyl (C=O) groups is 1. The van der Waals surface area contributed by atoms with Crippen LogP contribution in [0.15, 0.2) is 97.1 Å². The van der Waals surface area contributed by atoms with Crippen LogP contribution in [0.4, 0.5) is 16.2 Å². The van der Waals surface area contributed by atoms with E-state index in [1.54, 1.807) is 12.1 Å². The summed E-state index contributed by atoms with van der Waals surface area (Å²) in [6.45, 7) is 3.04. The fourth-order valence-electron chi connectivity index (χ4n) is 4.89. The van der Waals surface area contributed by atoms with Gasteiger partial charge in [0.05, 0.1) is 32.5 Å². The van der Waals surface area contributed by atoms with E-state index in [-0.39, 0.29) is 18.4 Å². The van der Waals surface area contributed by atoms with Crippen molar-refractivity contribution >= 4 is 17.4 Å². The molecule has 48 heavy (non-hydrogen) atoms. The van der Waals surface area contributed by atoms with Crippen molar-refractivity contribution in [3.05, 3.63) is 125 Å². The molecule has 0 aliphatic rings. The van der Waals surface area contributed by atoms with Crippen molar-refractivity contribution in [2.45, 2.75) is 45.0 Å². The Labute approximate surface area is 282 Å². The Balaban J connectivity index is 1.02. The molecular weight excluding hydrogens is 606 g/mol. The van der Waals surface area contributed by atoms with Crippen molar-refractivity contribution in [2.24, 2.45) is 0 Å². The molecule has 4 aromatic rings. The lowest BCUT2D eigenvalue weighted by Gasteiger charge is -2.14. The van der Waals surface area contributed by atoms with Gasteiger partial charge in [-0.3, -0.25) is 0 Å². The Kier molecular flexibility index (Phi) is 15.5. The number of nitrogens with one attached hydrogen (secondary N) is 3.